The SMILES string of the molecule is NCC1(CC(=O)N2CCN(C(=O)c3cccc(F)c3)CC2)CCCCC1. The Morgan fingerprint density at radius 2 is 1.69 bits per heavy atom. The standard InChI is InChI=1S/C20H28FN3O2/c21-17-6-4-5-16(13-17)19(26)24-11-9-23(10-12-24)18(25)14-20(15-22)7-2-1-3-8-20/h4-6,13H,1-3,7-12,14-15,22H2. The first kappa shape index (κ1) is 18.8. The number of halogens is 1. The van der Waals surface area contributed by atoms with E-state index >= 15 is 0 Å². The molecular weight excluding hydrogens is 333 g/mol. The Balaban J connectivity index is 1.54. The number of piperazine rings is 1. The van der Waals surface area contributed by atoms with E-state index < -0.39 is 5.82 Å². The van der Waals surface area contributed by atoms with Gasteiger partial charge in [0.15, 0.2) is 0 Å². The van der Waals surface area contributed by atoms with Crippen molar-refractivity contribution in [3.8, 4) is 0 Å². The molecule has 0 bridgehead atoms. The predicted molar refractivity (Wildman–Crippen MR) is 98.1 cm³/mol. The Labute approximate surface area is 154 Å². The lowest BCUT2D eigenvalue weighted by Crippen LogP contribution is -2.51. The van der Waals surface area contributed by atoms with Gasteiger partial charge in [-0.25, -0.2) is 4.39 Å². The van der Waals surface area contributed by atoms with Gasteiger partial charge in [-0.2, -0.15) is 0 Å². The van der Waals surface area contributed by atoms with Crippen molar-refractivity contribution >= 4 is 11.8 Å². The Bertz CT molecular complexity index is 650. The van der Waals surface area contributed by atoms with Crippen LogP contribution in [0.3, 0.4) is 0 Å². The second-order valence-corrected chi connectivity index (χ2v) is 7.62. The molecule has 0 atom stereocenters. The Hall–Kier alpha value is -1.95. The van der Waals surface area contributed by atoms with Gasteiger partial charge in [-0.15, -0.1) is 0 Å². The number of amides is 2. The monoisotopic (exact) mass is 361 g/mol. The smallest absolute Gasteiger partial charge is 0.254 e. The third-order valence-corrected chi connectivity index (χ3v) is 5.86. The van der Waals surface area contributed by atoms with Crippen LogP contribution in [-0.4, -0.2) is 54.3 Å². The van der Waals surface area contributed by atoms with Crippen molar-refractivity contribution in [1.29, 1.82) is 0 Å². The number of nitrogens with two attached hydrogens (primary N) is 1. The van der Waals surface area contributed by atoms with Gasteiger partial charge in [0.2, 0.25) is 5.91 Å². The van der Waals surface area contributed by atoms with Gasteiger partial charge in [0.25, 0.3) is 5.91 Å². The average molecular weight is 361 g/mol. The summed E-state index contributed by atoms with van der Waals surface area (Å²) in [6.07, 6.45) is 6.12. The first-order valence-corrected chi connectivity index (χ1v) is 9.56. The highest BCUT2D eigenvalue weighted by molar-refractivity contribution is 5.94. The molecule has 1 saturated heterocycles. The topological polar surface area (TPSA) is 66.6 Å². The van der Waals surface area contributed by atoms with Crippen LogP contribution >= 0.6 is 0 Å². The number of carbonyl (C=O) groups excluding carboxylic acids is 2. The number of hydrogen-bond donors (Lipinski definition) is 1. The zero-order valence-corrected chi connectivity index (χ0v) is 15.3. The summed E-state index contributed by atoms with van der Waals surface area (Å²) in [5.74, 6) is -0.443. The highest BCUT2D eigenvalue weighted by Crippen LogP contribution is 2.38. The van der Waals surface area contributed by atoms with E-state index in [0.717, 1.165) is 25.7 Å². The summed E-state index contributed by atoms with van der Waals surface area (Å²) < 4.78 is 13.3. The number of hydrogen-bond acceptors (Lipinski definition) is 3. The van der Waals surface area contributed by atoms with E-state index in [4.69, 9.17) is 5.73 Å². The number of carbonyl (C=O) groups is 2. The molecule has 3 rings (SSSR count). The van der Waals surface area contributed by atoms with Crippen LogP contribution in [0.5, 0.6) is 0 Å². The van der Waals surface area contributed by atoms with Gasteiger partial charge in [0.1, 0.15) is 5.82 Å². The Morgan fingerprint density at radius 3 is 2.31 bits per heavy atom. The molecule has 0 aromatic heterocycles. The first-order chi connectivity index (χ1) is 12.5. The number of nitrogens with zero attached hydrogens (tertiary/aromatic N) is 2. The molecule has 1 saturated carbocycles. The molecular formula is C20H28FN3O2. The fourth-order valence-electron chi connectivity index (χ4n) is 4.15. The Kier molecular flexibility index (Phi) is 5.91. The molecule has 6 heteroatoms. The van der Waals surface area contributed by atoms with Gasteiger partial charge in [0.05, 0.1) is 0 Å². The van der Waals surface area contributed by atoms with Gasteiger partial charge in [-0.3, -0.25) is 9.59 Å². The van der Waals surface area contributed by atoms with Crippen molar-refractivity contribution in [1.82, 2.24) is 9.80 Å². The zero-order chi connectivity index (χ0) is 18.6. The molecule has 2 fully saturated rings. The van der Waals surface area contributed by atoms with Crippen LogP contribution in [0, 0.1) is 11.2 Å². The second-order valence-electron chi connectivity index (χ2n) is 7.62. The first-order valence-electron chi connectivity index (χ1n) is 9.56. The maximum Gasteiger partial charge on any atom is 0.254 e. The summed E-state index contributed by atoms with van der Waals surface area (Å²) >= 11 is 0. The average Bonchev–Trinajstić information content (AvgIpc) is 2.68. The highest BCUT2D eigenvalue weighted by Gasteiger charge is 2.35. The largest absolute Gasteiger partial charge is 0.339 e. The highest BCUT2D eigenvalue weighted by atomic mass is 19.1. The Morgan fingerprint density at radius 1 is 1.04 bits per heavy atom. The molecule has 2 aliphatic rings. The maximum absolute atomic E-state index is 13.3. The van der Waals surface area contributed by atoms with E-state index in [1.165, 1.54) is 18.6 Å². The van der Waals surface area contributed by atoms with E-state index in [2.05, 4.69) is 0 Å². The molecule has 142 valence electrons. The molecule has 5 nitrogen and oxygen atoms in total. The van der Waals surface area contributed by atoms with Crippen LogP contribution in [-0.2, 0) is 4.79 Å². The molecule has 26 heavy (non-hydrogen) atoms. The van der Waals surface area contributed by atoms with Crippen LogP contribution in [0.2, 0.25) is 0 Å². The zero-order valence-electron chi connectivity index (χ0n) is 15.3. The molecule has 1 aromatic rings. The molecule has 0 unspecified atom stereocenters. The van der Waals surface area contributed by atoms with Crippen LogP contribution in [0.4, 0.5) is 4.39 Å². The molecule has 1 aromatic carbocycles. The second kappa shape index (κ2) is 8.16. The summed E-state index contributed by atoms with van der Waals surface area (Å²) in [7, 11) is 0. The van der Waals surface area contributed by atoms with Gasteiger partial charge in [-0.05, 0) is 43.0 Å². The summed E-state index contributed by atoms with van der Waals surface area (Å²) in [4.78, 5) is 28.8. The molecule has 2 amide bonds. The fraction of sp³-hybridized carbons (Fsp3) is 0.600. The van der Waals surface area contributed by atoms with Crippen LogP contribution in [0.25, 0.3) is 0 Å². The van der Waals surface area contributed by atoms with Gasteiger partial charge < -0.3 is 15.5 Å². The van der Waals surface area contributed by atoms with Crippen LogP contribution in [0.15, 0.2) is 24.3 Å². The lowest BCUT2D eigenvalue weighted by molar-refractivity contribution is -0.135. The van der Waals surface area contributed by atoms with E-state index in [1.54, 1.807) is 17.0 Å². The minimum Gasteiger partial charge on any atom is -0.339 e. The van der Waals surface area contributed by atoms with E-state index in [-0.39, 0.29) is 17.2 Å². The summed E-state index contributed by atoms with van der Waals surface area (Å²) in [6, 6.07) is 5.75. The summed E-state index contributed by atoms with van der Waals surface area (Å²) in [5, 5.41) is 0. The molecule has 0 radical (unpaired) electrons. The molecule has 2 N–H and O–H groups in total. The third-order valence-electron chi connectivity index (χ3n) is 5.86. The number of benzene rings is 1. The third kappa shape index (κ3) is 4.23. The summed E-state index contributed by atoms with van der Waals surface area (Å²) in [6.45, 7) is 2.59. The molecule has 1 aliphatic carbocycles. The van der Waals surface area contributed by atoms with E-state index in [0.29, 0.717) is 44.7 Å². The van der Waals surface area contributed by atoms with Crippen molar-refractivity contribution in [2.24, 2.45) is 11.1 Å². The van der Waals surface area contributed by atoms with Crippen molar-refractivity contribution < 1.29 is 14.0 Å². The maximum atomic E-state index is 13.3. The molecule has 0 spiro atoms. The van der Waals surface area contributed by atoms with Crippen molar-refractivity contribution in [2.75, 3.05) is 32.7 Å². The van der Waals surface area contributed by atoms with Gasteiger partial charge >= 0.3 is 0 Å². The minimum atomic E-state index is -0.413. The summed E-state index contributed by atoms with van der Waals surface area (Å²) in [5.41, 5.74) is 6.32. The lowest BCUT2D eigenvalue weighted by atomic mass is 9.71. The van der Waals surface area contributed by atoms with Crippen LogP contribution < -0.4 is 5.73 Å². The van der Waals surface area contributed by atoms with Crippen LogP contribution in [0.1, 0.15) is 48.9 Å². The number of rotatable bonds is 4. The van der Waals surface area contributed by atoms with Gasteiger partial charge in [0, 0.05) is 38.2 Å². The minimum absolute atomic E-state index is 0.0378. The van der Waals surface area contributed by atoms with E-state index in [9.17, 15) is 14.0 Å². The predicted octanol–water partition coefficient (Wildman–Crippen LogP) is 2.41. The van der Waals surface area contributed by atoms with Crippen molar-refractivity contribution in [2.45, 2.75) is 38.5 Å². The normalized spacial score (nSPS) is 20.1. The molecule has 1 aliphatic heterocycles. The van der Waals surface area contributed by atoms with E-state index in [1.807, 2.05) is 4.90 Å². The quantitative estimate of drug-likeness (QED) is 0.896. The van der Waals surface area contributed by atoms with Crippen molar-refractivity contribution in [3.05, 3.63) is 35.6 Å². The van der Waals surface area contributed by atoms with Gasteiger partial charge in [-0.1, -0.05) is 25.3 Å². The fourth-order valence-corrected chi connectivity index (χ4v) is 4.15. The molecule has 1 heterocycles. The van der Waals surface area contributed by atoms with Crippen molar-refractivity contribution in [3.63, 3.8) is 0 Å². The lowest BCUT2D eigenvalue weighted by Gasteiger charge is -2.39.